The Labute approximate surface area is 194 Å². The first kappa shape index (κ1) is 27.7. The molecule has 0 unspecified atom stereocenters. The zero-order valence-electron chi connectivity index (χ0n) is 19.5. The molecule has 1 aromatic rings. The summed E-state index contributed by atoms with van der Waals surface area (Å²) in [6, 6.07) is 5.46. The van der Waals surface area contributed by atoms with Crippen molar-refractivity contribution in [2.24, 2.45) is 11.7 Å². The van der Waals surface area contributed by atoms with E-state index in [0.717, 1.165) is 5.56 Å². The molecular weight excluding hydrogens is 428 g/mol. The number of likely N-dealkylation sites (N-methyl/N-ethyl adjacent to an activating group) is 1. The van der Waals surface area contributed by atoms with Gasteiger partial charge in [-0.2, -0.15) is 0 Å². The Balaban J connectivity index is 2.62. The fourth-order valence-corrected chi connectivity index (χ4v) is 2.81. The maximum absolute atomic E-state index is 12.8. The van der Waals surface area contributed by atoms with Crippen LogP contribution in [0, 0.1) is 5.92 Å². The molecule has 0 heterocycles. The predicted octanol–water partition coefficient (Wildman–Crippen LogP) is 1.05. The van der Waals surface area contributed by atoms with E-state index in [2.05, 4.69) is 26.6 Å². The quantitative estimate of drug-likeness (QED) is 0.225. The molecule has 1 atom stereocenters. The monoisotopic (exact) mass is 464 g/mol. The summed E-state index contributed by atoms with van der Waals surface area (Å²) in [6.45, 7) is 5.35. The molecule has 0 fully saturated rings. The van der Waals surface area contributed by atoms with E-state index in [4.69, 9.17) is 10.5 Å². The highest BCUT2D eigenvalue weighted by Crippen LogP contribution is 2.12. The predicted molar refractivity (Wildman–Crippen MR) is 125 cm³/mol. The fourth-order valence-electron chi connectivity index (χ4n) is 2.81. The van der Waals surface area contributed by atoms with Crippen molar-refractivity contribution < 1.29 is 23.9 Å². The van der Waals surface area contributed by atoms with E-state index in [1.54, 1.807) is 31.3 Å². The van der Waals surface area contributed by atoms with E-state index in [1.165, 1.54) is 0 Å². The number of ether oxygens (including phenoxy) is 1. The fraction of sp³-hybridized carbons (Fsp3) is 0.545. The molecule has 0 aromatic heterocycles. The van der Waals surface area contributed by atoms with E-state index < -0.39 is 18.2 Å². The van der Waals surface area contributed by atoms with Crippen LogP contribution in [-0.2, 0) is 20.9 Å². The Hall–Kier alpha value is -3.34. The Morgan fingerprint density at radius 2 is 1.70 bits per heavy atom. The first-order valence-corrected chi connectivity index (χ1v) is 11.0. The zero-order valence-corrected chi connectivity index (χ0v) is 19.5. The van der Waals surface area contributed by atoms with Gasteiger partial charge in [-0.05, 0) is 43.5 Å². The number of carbonyl (C=O) groups is 4. The number of amides is 5. The van der Waals surface area contributed by atoms with Gasteiger partial charge in [0.25, 0.3) is 0 Å². The lowest BCUT2D eigenvalue weighted by atomic mass is 10.1. The van der Waals surface area contributed by atoms with Crippen LogP contribution in [0.1, 0.15) is 38.7 Å². The molecule has 33 heavy (non-hydrogen) atoms. The Morgan fingerprint density at radius 1 is 1.00 bits per heavy atom. The molecule has 0 bridgehead atoms. The van der Waals surface area contributed by atoms with Crippen LogP contribution >= 0.6 is 0 Å². The minimum absolute atomic E-state index is 0.0976. The minimum Gasteiger partial charge on any atom is -0.445 e. The van der Waals surface area contributed by atoms with E-state index in [1.807, 2.05) is 13.8 Å². The average Bonchev–Trinajstić information content (AvgIpc) is 2.74. The van der Waals surface area contributed by atoms with Gasteiger partial charge >= 0.3 is 12.1 Å². The summed E-state index contributed by atoms with van der Waals surface area (Å²) in [5.74, 6) is -0.419. The summed E-state index contributed by atoms with van der Waals surface area (Å²) >= 11 is 0. The zero-order chi connectivity index (χ0) is 24.6. The minimum atomic E-state index is -0.754. The number of alkyl carbamates (subject to hydrolysis) is 1. The van der Waals surface area contributed by atoms with Crippen molar-refractivity contribution in [1.29, 1.82) is 0 Å². The van der Waals surface area contributed by atoms with E-state index >= 15 is 0 Å². The second kappa shape index (κ2) is 15.5. The van der Waals surface area contributed by atoms with Gasteiger partial charge in [-0.1, -0.05) is 26.0 Å². The van der Waals surface area contributed by atoms with Gasteiger partial charge in [-0.3, -0.25) is 9.59 Å². The molecule has 0 aliphatic heterocycles. The number of hydrogen-bond acceptors (Lipinski definition) is 6. The molecule has 5 amide bonds. The summed E-state index contributed by atoms with van der Waals surface area (Å²) in [6.07, 6.45) is 0.606. The average molecular weight is 465 g/mol. The molecule has 11 heteroatoms. The van der Waals surface area contributed by atoms with Crippen LogP contribution in [-0.4, -0.2) is 56.7 Å². The molecular formula is C22H36N6O5. The molecule has 1 rings (SSSR count). The van der Waals surface area contributed by atoms with E-state index in [9.17, 15) is 19.2 Å². The van der Waals surface area contributed by atoms with Crippen molar-refractivity contribution in [3.63, 3.8) is 0 Å². The lowest BCUT2D eigenvalue weighted by Gasteiger charge is -2.19. The van der Waals surface area contributed by atoms with Gasteiger partial charge in [0.05, 0.1) is 0 Å². The first-order chi connectivity index (χ1) is 15.7. The summed E-state index contributed by atoms with van der Waals surface area (Å²) in [4.78, 5) is 47.4. The number of benzene rings is 1. The number of urea groups is 1. The molecule has 0 saturated carbocycles. The maximum Gasteiger partial charge on any atom is 0.407 e. The number of hydrogen-bond donors (Lipinski definition) is 6. The molecule has 0 radical (unpaired) electrons. The molecule has 1 aromatic carbocycles. The van der Waals surface area contributed by atoms with Crippen LogP contribution < -0.4 is 32.3 Å². The number of rotatable bonds is 14. The number of primary amides is 1. The van der Waals surface area contributed by atoms with Crippen LogP contribution in [0.4, 0.5) is 15.3 Å². The summed E-state index contributed by atoms with van der Waals surface area (Å²) in [7, 11) is 1.79. The third-order valence-electron chi connectivity index (χ3n) is 4.45. The van der Waals surface area contributed by atoms with Crippen molar-refractivity contribution >= 4 is 29.6 Å². The smallest absolute Gasteiger partial charge is 0.407 e. The lowest BCUT2D eigenvalue weighted by molar-refractivity contribution is -0.127. The largest absolute Gasteiger partial charge is 0.445 e. The molecule has 0 spiro atoms. The van der Waals surface area contributed by atoms with Gasteiger partial charge in [0.2, 0.25) is 11.8 Å². The van der Waals surface area contributed by atoms with Crippen molar-refractivity contribution in [3.8, 4) is 0 Å². The number of anilines is 1. The second-order valence-corrected chi connectivity index (χ2v) is 7.94. The van der Waals surface area contributed by atoms with Crippen LogP contribution in [0.15, 0.2) is 24.3 Å². The summed E-state index contributed by atoms with van der Waals surface area (Å²) in [5, 5.41) is 13.5. The normalized spacial score (nSPS) is 11.4. The second-order valence-electron chi connectivity index (χ2n) is 7.94. The van der Waals surface area contributed by atoms with Gasteiger partial charge in [-0.15, -0.1) is 0 Å². The van der Waals surface area contributed by atoms with Crippen molar-refractivity contribution in [3.05, 3.63) is 29.8 Å². The van der Waals surface area contributed by atoms with Crippen LogP contribution in [0.3, 0.4) is 0 Å². The number of nitrogens with one attached hydrogen (secondary N) is 5. The highest BCUT2D eigenvalue weighted by atomic mass is 16.5. The topological polar surface area (TPSA) is 164 Å². The van der Waals surface area contributed by atoms with E-state index in [0.29, 0.717) is 44.6 Å². The van der Waals surface area contributed by atoms with E-state index in [-0.39, 0.29) is 24.3 Å². The van der Waals surface area contributed by atoms with Crippen molar-refractivity contribution in [2.45, 2.75) is 45.8 Å². The highest BCUT2D eigenvalue weighted by Gasteiger charge is 2.21. The Morgan fingerprint density at radius 3 is 2.30 bits per heavy atom. The Bertz CT molecular complexity index is 769. The molecule has 0 saturated heterocycles. The lowest BCUT2D eigenvalue weighted by Crippen LogP contribution is -2.44. The number of carbonyl (C=O) groups excluding carboxylic acids is 4. The molecule has 0 aliphatic carbocycles. The third kappa shape index (κ3) is 13.0. The molecule has 11 nitrogen and oxygen atoms in total. The van der Waals surface area contributed by atoms with Crippen LogP contribution in [0.2, 0.25) is 0 Å². The maximum atomic E-state index is 12.8. The van der Waals surface area contributed by atoms with Crippen LogP contribution in [0.5, 0.6) is 0 Å². The summed E-state index contributed by atoms with van der Waals surface area (Å²) < 4.78 is 5.13. The van der Waals surface area contributed by atoms with Gasteiger partial charge in [0, 0.05) is 31.7 Å². The Kier molecular flexibility index (Phi) is 13.0. The highest BCUT2D eigenvalue weighted by molar-refractivity contribution is 5.97. The molecule has 0 aliphatic rings. The number of nitrogens with two attached hydrogens (primary N) is 1. The van der Waals surface area contributed by atoms with Gasteiger partial charge < -0.3 is 37.1 Å². The van der Waals surface area contributed by atoms with Crippen molar-refractivity contribution in [1.82, 2.24) is 21.3 Å². The van der Waals surface area contributed by atoms with Crippen LogP contribution in [0.25, 0.3) is 0 Å². The van der Waals surface area contributed by atoms with Gasteiger partial charge in [0.15, 0.2) is 0 Å². The molecule has 184 valence electrons. The van der Waals surface area contributed by atoms with Gasteiger partial charge in [-0.25, -0.2) is 9.59 Å². The SMILES string of the molecule is CNCCNC(=O)OCc1ccc(NC(=O)[C@H](CCCNC(N)=O)NC(=O)CC(C)C)cc1. The summed E-state index contributed by atoms with van der Waals surface area (Å²) in [5.41, 5.74) is 6.35. The first-order valence-electron chi connectivity index (χ1n) is 11.0. The molecule has 7 N–H and O–H groups in total. The van der Waals surface area contributed by atoms with Gasteiger partial charge in [0.1, 0.15) is 12.6 Å². The third-order valence-corrected chi connectivity index (χ3v) is 4.45. The standard InChI is InChI=1S/C22H36N6O5/c1-15(2)13-19(29)28-18(5-4-10-25-21(23)31)20(30)27-17-8-6-16(7-9-17)14-33-22(32)26-12-11-24-3/h6-9,15,18,24H,4-5,10-14H2,1-3H3,(H,26,32)(H,27,30)(H,28,29)(H3,23,25,31)/t18-/m0/s1. The van der Waals surface area contributed by atoms with Crippen molar-refractivity contribution in [2.75, 3.05) is 32.0 Å².